The van der Waals surface area contributed by atoms with Gasteiger partial charge >= 0.3 is 0 Å². The number of rotatable bonds is 9. The van der Waals surface area contributed by atoms with Crippen LogP contribution in [-0.2, 0) is 17.6 Å². The Morgan fingerprint density at radius 3 is 2.66 bits per heavy atom. The molecule has 1 fully saturated rings. The molecule has 0 N–H and O–H groups in total. The van der Waals surface area contributed by atoms with Gasteiger partial charge in [0, 0.05) is 51.0 Å². The molecule has 4 heterocycles. The molecule has 182 valence electrons. The molecule has 5 rings (SSSR count). The van der Waals surface area contributed by atoms with Crippen LogP contribution in [0.2, 0.25) is 0 Å². The lowest BCUT2D eigenvalue weighted by Crippen LogP contribution is -2.48. The normalized spacial score (nSPS) is 14.5. The summed E-state index contributed by atoms with van der Waals surface area (Å²) in [4.78, 5) is 26.7. The van der Waals surface area contributed by atoms with E-state index in [0.29, 0.717) is 49.3 Å². The average molecular weight is 496 g/mol. The predicted molar refractivity (Wildman–Crippen MR) is 129 cm³/mol. The third-order valence-corrected chi connectivity index (χ3v) is 6.90. The lowest BCUT2D eigenvalue weighted by atomic mass is 10.2. The molecule has 0 aliphatic carbocycles. The van der Waals surface area contributed by atoms with Gasteiger partial charge in [0.2, 0.25) is 17.6 Å². The molecule has 0 spiro atoms. The molecule has 1 aromatic carbocycles. The molecule has 0 radical (unpaired) electrons. The first-order valence-electron chi connectivity index (χ1n) is 11.7. The molecule has 10 heteroatoms. The Balaban J connectivity index is 1.01. The third-order valence-electron chi connectivity index (χ3n) is 6.03. The van der Waals surface area contributed by atoms with Crippen LogP contribution in [0.4, 0.5) is 4.39 Å². The van der Waals surface area contributed by atoms with Gasteiger partial charge in [-0.15, -0.1) is 11.3 Å². The summed E-state index contributed by atoms with van der Waals surface area (Å²) in [5, 5.41) is 6.05. The van der Waals surface area contributed by atoms with Crippen molar-refractivity contribution in [3.05, 3.63) is 65.6 Å². The molecular formula is C25H26FN5O3S. The van der Waals surface area contributed by atoms with Crippen molar-refractivity contribution < 1.29 is 18.1 Å². The lowest BCUT2D eigenvalue weighted by Gasteiger charge is -2.34. The molecule has 1 aliphatic heterocycles. The van der Waals surface area contributed by atoms with Gasteiger partial charge in [0.05, 0.1) is 11.1 Å². The van der Waals surface area contributed by atoms with E-state index in [9.17, 15) is 9.18 Å². The van der Waals surface area contributed by atoms with Crippen LogP contribution in [0.15, 0.2) is 56.9 Å². The van der Waals surface area contributed by atoms with Crippen molar-refractivity contribution in [1.82, 2.24) is 24.9 Å². The van der Waals surface area contributed by atoms with Crippen LogP contribution in [0.5, 0.6) is 0 Å². The van der Waals surface area contributed by atoms with E-state index in [1.165, 1.54) is 12.1 Å². The summed E-state index contributed by atoms with van der Waals surface area (Å²) in [6, 6.07) is 10.0. The van der Waals surface area contributed by atoms with E-state index in [0.717, 1.165) is 42.9 Å². The molecule has 4 aromatic rings. The van der Waals surface area contributed by atoms with E-state index in [-0.39, 0.29) is 11.7 Å². The van der Waals surface area contributed by atoms with Gasteiger partial charge in [-0.1, -0.05) is 11.2 Å². The quantitative estimate of drug-likeness (QED) is 0.342. The van der Waals surface area contributed by atoms with E-state index >= 15 is 0 Å². The molecule has 0 unspecified atom stereocenters. The molecule has 0 bridgehead atoms. The van der Waals surface area contributed by atoms with Gasteiger partial charge in [-0.25, -0.2) is 9.37 Å². The highest BCUT2D eigenvalue weighted by Crippen LogP contribution is 2.22. The zero-order valence-corrected chi connectivity index (χ0v) is 20.0. The Morgan fingerprint density at radius 2 is 1.89 bits per heavy atom. The zero-order chi connectivity index (χ0) is 24.0. The second kappa shape index (κ2) is 10.9. The Hall–Kier alpha value is -3.37. The summed E-state index contributed by atoms with van der Waals surface area (Å²) in [6.07, 6.45) is 4.09. The SMILES string of the molecule is O=C(CCc1ncc(-c2ccc(F)cc2)o1)N1CCN(CCCc2nc(-c3cccs3)no2)CC1. The summed E-state index contributed by atoms with van der Waals surface area (Å²) in [5.41, 5.74) is 0.759. The average Bonchev–Trinajstić information content (AvgIpc) is 3.65. The molecule has 3 aromatic heterocycles. The molecule has 1 amide bonds. The van der Waals surface area contributed by atoms with Crippen molar-refractivity contribution in [2.24, 2.45) is 0 Å². The highest BCUT2D eigenvalue weighted by molar-refractivity contribution is 7.13. The fourth-order valence-electron chi connectivity index (χ4n) is 4.08. The fraction of sp³-hybridized carbons (Fsp3) is 0.360. The van der Waals surface area contributed by atoms with Gasteiger partial charge < -0.3 is 13.8 Å². The molecular weight excluding hydrogens is 469 g/mol. The van der Waals surface area contributed by atoms with Crippen molar-refractivity contribution in [3.8, 4) is 22.0 Å². The van der Waals surface area contributed by atoms with Crippen molar-refractivity contribution in [1.29, 1.82) is 0 Å². The largest absolute Gasteiger partial charge is 0.441 e. The van der Waals surface area contributed by atoms with E-state index in [1.54, 1.807) is 29.7 Å². The van der Waals surface area contributed by atoms with E-state index in [4.69, 9.17) is 8.94 Å². The summed E-state index contributed by atoms with van der Waals surface area (Å²) >= 11 is 1.60. The smallest absolute Gasteiger partial charge is 0.227 e. The Kier molecular flexibility index (Phi) is 7.29. The number of halogens is 1. The Bertz CT molecular complexity index is 1230. The standard InChI is InChI=1S/C25H26FN5O3S/c26-19-7-5-18(6-8-19)20-17-27-22(33-20)9-10-24(32)31-14-12-30(13-15-31)11-1-4-23-28-25(29-34-23)21-3-2-16-35-21/h2-3,5-8,16-17H,1,4,9-15H2. The van der Waals surface area contributed by atoms with Crippen LogP contribution in [0.25, 0.3) is 22.0 Å². The number of thiophene rings is 1. The highest BCUT2D eigenvalue weighted by Gasteiger charge is 2.21. The third kappa shape index (κ3) is 6.01. The van der Waals surface area contributed by atoms with Gasteiger partial charge in [0.15, 0.2) is 11.7 Å². The van der Waals surface area contributed by atoms with Crippen molar-refractivity contribution in [2.45, 2.75) is 25.7 Å². The Labute approximate surface area is 206 Å². The van der Waals surface area contributed by atoms with Gasteiger partial charge in [-0.3, -0.25) is 9.69 Å². The van der Waals surface area contributed by atoms with Crippen LogP contribution < -0.4 is 0 Å². The monoisotopic (exact) mass is 495 g/mol. The molecule has 0 saturated carbocycles. The first-order valence-corrected chi connectivity index (χ1v) is 12.6. The van der Waals surface area contributed by atoms with E-state index < -0.39 is 0 Å². The molecule has 0 atom stereocenters. The summed E-state index contributed by atoms with van der Waals surface area (Å²) in [5.74, 6) is 2.21. The number of amides is 1. The second-order valence-corrected chi connectivity index (χ2v) is 9.39. The van der Waals surface area contributed by atoms with Crippen LogP contribution in [-0.4, -0.2) is 63.6 Å². The first kappa shape index (κ1) is 23.4. The van der Waals surface area contributed by atoms with Crippen molar-refractivity contribution >= 4 is 17.2 Å². The maximum atomic E-state index is 13.1. The number of benzene rings is 1. The molecule has 1 saturated heterocycles. The van der Waals surface area contributed by atoms with Crippen LogP contribution in [0.1, 0.15) is 24.6 Å². The van der Waals surface area contributed by atoms with Crippen LogP contribution in [0.3, 0.4) is 0 Å². The second-order valence-electron chi connectivity index (χ2n) is 8.44. The molecule has 35 heavy (non-hydrogen) atoms. The maximum Gasteiger partial charge on any atom is 0.227 e. The van der Waals surface area contributed by atoms with Gasteiger partial charge in [0.25, 0.3) is 0 Å². The number of aryl methyl sites for hydroxylation is 2. The number of hydrogen-bond acceptors (Lipinski definition) is 8. The number of oxazole rings is 1. The van der Waals surface area contributed by atoms with Gasteiger partial charge in [-0.05, 0) is 48.7 Å². The number of nitrogens with zero attached hydrogens (tertiary/aromatic N) is 5. The minimum atomic E-state index is -0.297. The first-order chi connectivity index (χ1) is 17.1. The summed E-state index contributed by atoms with van der Waals surface area (Å²) in [7, 11) is 0. The molecule has 8 nitrogen and oxygen atoms in total. The van der Waals surface area contributed by atoms with Crippen LogP contribution in [0, 0.1) is 5.82 Å². The van der Waals surface area contributed by atoms with Crippen molar-refractivity contribution in [3.63, 3.8) is 0 Å². The number of aromatic nitrogens is 3. The van der Waals surface area contributed by atoms with Gasteiger partial charge in [0.1, 0.15) is 5.82 Å². The minimum absolute atomic E-state index is 0.109. The van der Waals surface area contributed by atoms with Gasteiger partial charge in [-0.2, -0.15) is 4.98 Å². The fourth-order valence-corrected chi connectivity index (χ4v) is 4.73. The Morgan fingerprint density at radius 1 is 1.06 bits per heavy atom. The number of carbonyl (C=O) groups is 1. The van der Waals surface area contributed by atoms with Crippen molar-refractivity contribution in [2.75, 3.05) is 32.7 Å². The zero-order valence-electron chi connectivity index (χ0n) is 19.2. The predicted octanol–water partition coefficient (Wildman–Crippen LogP) is 4.30. The summed E-state index contributed by atoms with van der Waals surface area (Å²) < 4.78 is 24.2. The van der Waals surface area contributed by atoms with E-state index in [1.807, 2.05) is 22.4 Å². The van der Waals surface area contributed by atoms with E-state index in [2.05, 4.69) is 20.0 Å². The topological polar surface area (TPSA) is 88.5 Å². The van der Waals surface area contributed by atoms with Crippen LogP contribution >= 0.6 is 11.3 Å². The maximum absolute atomic E-state index is 13.1. The molecule has 1 aliphatic rings. The minimum Gasteiger partial charge on any atom is -0.441 e. The summed E-state index contributed by atoms with van der Waals surface area (Å²) in [6.45, 7) is 4.07. The number of piperazine rings is 1. The number of hydrogen-bond donors (Lipinski definition) is 0. The highest BCUT2D eigenvalue weighted by atomic mass is 32.1. The number of carbonyl (C=O) groups excluding carboxylic acids is 1. The lowest BCUT2D eigenvalue weighted by molar-refractivity contribution is -0.133.